The second kappa shape index (κ2) is 10.4. The fraction of sp³-hybridized carbons (Fsp3) is 0.632. The van der Waals surface area contributed by atoms with E-state index in [1.54, 1.807) is 12.1 Å². The Bertz CT molecular complexity index is 858. The molecule has 0 bridgehead atoms. The van der Waals surface area contributed by atoms with Crippen molar-refractivity contribution in [3.63, 3.8) is 0 Å². The molecule has 0 aliphatic carbocycles. The molecule has 0 spiro atoms. The summed E-state index contributed by atoms with van der Waals surface area (Å²) in [5.74, 6) is -1.27. The number of hydrogen-bond donors (Lipinski definition) is 1. The molecular formula is C19H30N2O5S2. The van der Waals surface area contributed by atoms with Crippen molar-refractivity contribution in [1.29, 1.82) is 0 Å². The molecule has 1 aromatic carbocycles. The molecule has 0 aromatic heterocycles. The first-order valence-corrected chi connectivity index (χ1v) is 13.1. The molecule has 1 aliphatic heterocycles. The van der Waals surface area contributed by atoms with Crippen LogP contribution in [0.2, 0.25) is 0 Å². The molecule has 0 saturated carbocycles. The van der Waals surface area contributed by atoms with Gasteiger partial charge in [0, 0.05) is 18.8 Å². The Morgan fingerprint density at radius 2 is 1.71 bits per heavy atom. The lowest BCUT2D eigenvalue weighted by molar-refractivity contribution is -0.113. The van der Waals surface area contributed by atoms with Crippen LogP contribution >= 0.6 is 0 Å². The molecule has 1 heterocycles. The highest BCUT2D eigenvalue weighted by molar-refractivity contribution is 7.92. The second-order valence-electron chi connectivity index (χ2n) is 7.19. The van der Waals surface area contributed by atoms with Gasteiger partial charge in [0.05, 0.1) is 10.6 Å². The summed E-state index contributed by atoms with van der Waals surface area (Å²) in [4.78, 5) is 12.2. The molecule has 1 aliphatic rings. The number of nitrogens with one attached hydrogen (secondary N) is 1. The Kier molecular flexibility index (Phi) is 8.45. The molecular weight excluding hydrogens is 400 g/mol. The molecule has 158 valence electrons. The van der Waals surface area contributed by atoms with E-state index >= 15 is 0 Å². The largest absolute Gasteiger partial charge is 0.325 e. The number of sulfonamides is 1. The highest BCUT2D eigenvalue weighted by Crippen LogP contribution is 2.22. The minimum absolute atomic E-state index is 0.0162. The highest BCUT2D eigenvalue weighted by Gasteiger charge is 2.25. The van der Waals surface area contributed by atoms with Crippen LogP contribution in [-0.2, 0) is 24.7 Å². The standard InChI is InChI=1S/C19H30N2O5S2/c1-2-3-8-14-27(23,24)16-19(22)20-17-10-9-11-18(15-17)28(25,26)21-12-6-4-5-7-13-21/h9-11,15H,2-8,12-14,16H2,1H3,(H,20,22). The molecule has 0 atom stereocenters. The monoisotopic (exact) mass is 430 g/mol. The molecule has 0 unspecified atom stereocenters. The van der Waals surface area contributed by atoms with Crippen molar-refractivity contribution >= 4 is 31.5 Å². The van der Waals surface area contributed by atoms with Crippen molar-refractivity contribution < 1.29 is 21.6 Å². The fourth-order valence-corrected chi connectivity index (χ4v) is 6.03. The van der Waals surface area contributed by atoms with Gasteiger partial charge in [0.1, 0.15) is 5.75 Å². The van der Waals surface area contributed by atoms with Gasteiger partial charge in [-0.15, -0.1) is 0 Å². The minimum Gasteiger partial charge on any atom is -0.325 e. The van der Waals surface area contributed by atoms with Gasteiger partial charge in [0.2, 0.25) is 15.9 Å². The zero-order valence-corrected chi connectivity index (χ0v) is 18.0. The van der Waals surface area contributed by atoms with Crippen LogP contribution < -0.4 is 5.32 Å². The number of rotatable bonds is 9. The zero-order valence-electron chi connectivity index (χ0n) is 16.4. The maximum absolute atomic E-state index is 12.9. The number of carbonyl (C=O) groups is 1. The molecule has 28 heavy (non-hydrogen) atoms. The van der Waals surface area contributed by atoms with Crippen LogP contribution in [0.3, 0.4) is 0 Å². The van der Waals surface area contributed by atoms with Gasteiger partial charge >= 0.3 is 0 Å². The lowest BCUT2D eigenvalue weighted by Gasteiger charge is -2.20. The van der Waals surface area contributed by atoms with Gasteiger partial charge in [-0.05, 0) is 37.5 Å². The molecule has 1 saturated heterocycles. The quantitative estimate of drug-likeness (QED) is 0.607. The summed E-state index contributed by atoms with van der Waals surface area (Å²) < 4.78 is 51.2. The van der Waals surface area contributed by atoms with Gasteiger partial charge in [-0.2, -0.15) is 4.31 Å². The average Bonchev–Trinajstić information content (AvgIpc) is 2.91. The molecule has 1 N–H and O–H groups in total. The van der Waals surface area contributed by atoms with Gasteiger partial charge in [-0.3, -0.25) is 4.79 Å². The van der Waals surface area contributed by atoms with Gasteiger partial charge < -0.3 is 5.32 Å². The van der Waals surface area contributed by atoms with Gasteiger partial charge in [-0.25, -0.2) is 16.8 Å². The number of anilines is 1. The van der Waals surface area contributed by atoms with Gasteiger partial charge in [-0.1, -0.05) is 38.7 Å². The van der Waals surface area contributed by atoms with Crippen LogP contribution in [0, 0.1) is 0 Å². The Morgan fingerprint density at radius 1 is 1.04 bits per heavy atom. The highest BCUT2D eigenvalue weighted by atomic mass is 32.2. The first-order valence-electron chi connectivity index (χ1n) is 9.85. The van der Waals surface area contributed by atoms with Crippen LogP contribution in [0.25, 0.3) is 0 Å². The van der Waals surface area contributed by atoms with Crippen LogP contribution in [-0.4, -0.2) is 51.6 Å². The van der Waals surface area contributed by atoms with Crippen LogP contribution in [0.5, 0.6) is 0 Å². The van der Waals surface area contributed by atoms with Crippen molar-refractivity contribution in [3.8, 4) is 0 Å². The predicted octanol–water partition coefficient (Wildman–Crippen LogP) is 2.79. The van der Waals surface area contributed by atoms with Crippen molar-refractivity contribution in [2.75, 3.05) is 29.9 Å². The third-order valence-corrected chi connectivity index (χ3v) is 8.24. The third-order valence-electron chi connectivity index (χ3n) is 4.73. The number of unbranched alkanes of at least 4 members (excludes halogenated alkanes) is 2. The Hall–Kier alpha value is -1.45. The zero-order chi connectivity index (χ0) is 20.6. The number of nitrogens with zero attached hydrogens (tertiary/aromatic N) is 1. The minimum atomic E-state index is -3.63. The lowest BCUT2D eigenvalue weighted by Crippen LogP contribution is -2.32. The normalized spacial score (nSPS) is 16.5. The summed E-state index contributed by atoms with van der Waals surface area (Å²) in [6.07, 6.45) is 5.97. The number of carbonyl (C=O) groups excluding carboxylic acids is 1. The number of sulfone groups is 1. The maximum atomic E-state index is 12.9. The first kappa shape index (κ1) is 22.8. The van der Waals surface area contributed by atoms with Crippen molar-refractivity contribution in [2.24, 2.45) is 0 Å². The Morgan fingerprint density at radius 3 is 2.36 bits per heavy atom. The van der Waals surface area contributed by atoms with E-state index < -0.39 is 31.5 Å². The molecule has 1 aromatic rings. The van der Waals surface area contributed by atoms with E-state index in [0.717, 1.165) is 38.5 Å². The maximum Gasteiger partial charge on any atom is 0.243 e. The number of benzene rings is 1. The third kappa shape index (κ3) is 6.86. The predicted molar refractivity (Wildman–Crippen MR) is 110 cm³/mol. The van der Waals surface area contributed by atoms with Crippen molar-refractivity contribution in [1.82, 2.24) is 4.31 Å². The number of amides is 1. The molecule has 1 amide bonds. The van der Waals surface area contributed by atoms with E-state index in [2.05, 4.69) is 5.32 Å². The topological polar surface area (TPSA) is 101 Å². The molecule has 9 heteroatoms. The van der Waals surface area contributed by atoms with Gasteiger partial charge in [0.25, 0.3) is 0 Å². The SMILES string of the molecule is CCCCCS(=O)(=O)CC(=O)Nc1cccc(S(=O)(=O)N2CCCCCC2)c1. The smallest absolute Gasteiger partial charge is 0.243 e. The van der Waals surface area contributed by atoms with E-state index in [1.807, 2.05) is 6.92 Å². The van der Waals surface area contributed by atoms with Crippen molar-refractivity contribution in [2.45, 2.75) is 56.8 Å². The molecule has 0 radical (unpaired) electrons. The summed E-state index contributed by atoms with van der Waals surface area (Å²) in [6, 6.07) is 6.00. The van der Waals surface area contributed by atoms with E-state index in [-0.39, 0.29) is 16.3 Å². The lowest BCUT2D eigenvalue weighted by atomic mass is 10.2. The summed E-state index contributed by atoms with van der Waals surface area (Å²) in [5.41, 5.74) is 0.282. The van der Waals surface area contributed by atoms with Crippen LogP contribution in [0.1, 0.15) is 51.9 Å². The molecule has 2 rings (SSSR count). The fourth-order valence-electron chi connectivity index (χ4n) is 3.21. The van der Waals surface area contributed by atoms with E-state index in [0.29, 0.717) is 19.5 Å². The van der Waals surface area contributed by atoms with Gasteiger partial charge in [0.15, 0.2) is 9.84 Å². The summed E-state index contributed by atoms with van der Waals surface area (Å²) in [6.45, 7) is 2.97. The second-order valence-corrected chi connectivity index (χ2v) is 11.3. The number of hydrogen-bond acceptors (Lipinski definition) is 5. The summed E-state index contributed by atoms with van der Waals surface area (Å²) in [7, 11) is -7.10. The summed E-state index contributed by atoms with van der Waals surface area (Å²) >= 11 is 0. The molecule has 7 nitrogen and oxygen atoms in total. The Balaban J connectivity index is 2.05. The van der Waals surface area contributed by atoms with E-state index in [4.69, 9.17) is 0 Å². The summed E-state index contributed by atoms with van der Waals surface area (Å²) in [5, 5.41) is 2.52. The Labute approximate surface area is 168 Å². The van der Waals surface area contributed by atoms with Crippen LogP contribution in [0.15, 0.2) is 29.2 Å². The van der Waals surface area contributed by atoms with Crippen molar-refractivity contribution in [3.05, 3.63) is 24.3 Å². The first-order chi connectivity index (χ1) is 13.2. The molecule has 1 fully saturated rings. The van der Waals surface area contributed by atoms with E-state index in [1.165, 1.54) is 16.4 Å². The van der Waals surface area contributed by atoms with E-state index in [9.17, 15) is 21.6 Å². The average molecular weight is 431 g/mol. The van der Waals surface area contributed by atoms with Crippen LogP contribution in [0.4, 0.5) is 5.69 Å².